The van der Waals surface area contributed by atoms with Crippen LogP contribution in [-0.4, -0.2) is 28.0 Å². The quantitative estimate of drug-likeness (QED) is 0.802. The molecule has 0 atom stereocenters. The van der Waals surface area contributed by atoms with Gasteiger partial charge in [-0.15, -0.1) is 0 Å². The lowest BCUT2D eigenvalue weighted by atomic mass is 10.1. The highest BCUT2D eigenvalue weighted by atomic mass is 32.2. The Morgan fingerprint density at radius 3 is 2.46 bits per heavy atom. The molecule has 0 heterocycles. The maximum atomic E-state index is 12.5. The van der Waals surface area contributed by atoms with Crippen molar-refractivity contribution in [2.24, 2.45) is 0 Å². The second-order valence-corrected chi connectivity index (χ2v) is 7.34. The van der Waals surface area contributed by atoms with Crippen molar-refractivity contribution < 1.29 is 26.7 Å². The fraction of sp³-hybridized carbons (Fsp3) is 0.235. The van der Waals surface area contributed by atoms with E-state index in [9.17, 15) is 22.0 Å². The van der Waals surface area contributed by atoms with E-state index in [0.29, 0.717) is 11.1 Å². The number of amides is 1. The third kappa shape index (κ3) is 4.55. The predicted molar refractivity (Wildman–Crippen MR) is 93.2 cm³/mol. The average molecular weight is 384 g/mol. The number of aryl methyl sites for hydroxylation is 1. The van der Waals surface area contributed by atoms with Crippen molar-refractivity contribution in [3.8, 4) is 5.75 Å². The lowest BCUT2D eigenvalue weighted by Crippen LogP contribution is -2.21. The van der Waals surface area contributed by atoms with Crippen LogP contribution in [0.5, 0.6) is 5.75 Å². The number of benzene rings is 2. The molecule has 0 fully saturated rings. The molecule has 0 aliphatic rings. The number of hydrogen-bond donors (Lipinski definition) is 2. The van der Waals surface area contributed by atoms with Crippen LogP contribution in [0, 0.1) is 13.8 Å². The molecule has 0 aliphatic carbocycles. The third-order valence-corrected chi connectivity index (χ3v) is 5.30. The standard InChI is InChI=1S/C17H18F2N2O4S/c1-10-7-12(8-15(11(10)2)26(23,24)20-3)16(22)21-13-5-4-6-14(9-13)25-17(18)19/h4-9,17,20H,1-3H3,(H,21,22). The van der Waals surface area contributed by atoms with Gasteiger partial charge in [-0.3, -0.25) is 4.79 Å². The normalized spacial score (nSPS) is 11.5. The lowest BCUT2D eigenvalue weighted by molar-refractivity contribution is -0.0498. The highest BCUT2D eigenvalue weighted by Crippen LogP contribution is 2.23. The van der Waals surface area contributed by atoms with Gasteiger partial charge in [0.25, 0.3) is 5.91 Å². The van der Waals surface area contributed by atoms with E-state index in [1.54, 1.807) is 19.9 Å². The van der Waals surface area contributed by atoms with Gasteiger partial charge in [0.2, 0.25) is 10.0 Å². The Morgan fingerprint density at radius 1 is 1.15 bits per heavy atom. The molecule has 0 aliphatic heterocycles. The number of carbonyl (C=O) groups is 1. The van der Waals surface area contributed by atoms with Crippen LogP contribution >= 0.6 is 0 Å². The smallest absolute Gasteiger partial charge is 0.387 e. The molecule has 140 valence electrons. The van der Waals surface area contributed by atoms with Crippen molar-refractivity contribution in [3.63, 3.8) is 0 Å². The fourth-order valence-corrected chi connectivity index (χ4v) is 3.37. The number of ether oxygens (including phenoxy) is 1. The van der Waals surface area contributed by atoms with Gasteiger partial charge in [0.1, 0.15) is 5.75 Å². The molecule has 0 spiro atoms. The zero-order valence-electron chi connectivity index (χ0n) is 14.3. The van der Waals surface area contributed by atoms with E-state index in [1.807, 2.05) is 0 Å². The molecule has 26 heavy (non-hydrogen) atoms. The summed E-state index contributed by atoms with van der Waals surface area (Å²) in [6.07, 6.45) is 0. The molecule has 0 saturated carbocycles. The van der Waals surface area contributed by atoms with E-state index < -0.39 is 22.5 Å². The number of rotatable bonds is 6. The van der Waals surface area contributed by atoms with Crippen molar-refractivity contribution in [2.45, 2.75) is 25.4 Å². The van der Waals surface area contributed by atoms with Crippen molar-refractivity contribution in [3.05, 3.63) is 53.1 Å². The van der Waals surface area contributed by atoms with Crippen LogP contribution in [0.1, 0.15) is 21.5 Å². The largest absolute Gasteiger partial charge is 0.435 e. The lowest BCUT2D eigenvalue weighted by Gasteiger charge is -2.13. The van der Waals surface area contributed by atoms with Gasteiger partial charge in [-0.05, 0) is 56.3 Å². The molecule has 0 radical (unpaired) electrons. The molecule has 0 bridgehead atoms. The summed E-state index contributed by atoms with van der Waals surface area (Å²) in [6, 6.07) is 8.35. The molecule has 2 aromatic rings. The molecule has 0 saturated heterocycles. The van der Waals surface area contributed by atoms with Crippen molar-refractivity contribution in [1.29, 1.82) is 0 Å². The minimum Gasteiger partial charge on any atom is -0.435 e. The Morgan fingerprint density at radius 2 is 1.85 bits per heavy atom. The van der Waals surface area contributed by atoms with E-state index in [1.165, 1.54) is 37.4 Å². The van der Waals surface area contributed by atoms with Crippen LogP contribution in [0.15, 0.2) is 41.3 Å². The Labute approximate surface area is 150 Å². The first-order valence-electron chi connectivity index (χ1n) is 7.55. The van der Waals surface area contributed by atoms with Crippen molar-refractivity contribution in [1.82, 2.24) is 4.72 Å². The SMILES string of the molecule is CNS(=O)(=O)c1cc(C(=O)Nc2cccc(OC(F)F)c2)cc(C)c1C. The number of carbonyl (C=O) groups excluding carboxylic acids is 1. The van der Waals surface area contributed by atoms with Gasteiger partial charge in [-0.25, -0.2) is 13.1 Å². The monoisotopic (exact) mass is 384 g/mol. The van der Waals surface area contributed by atoms with Gasteiger partial charge >= 0.3 is 6.61 Å². The molecule has 6 nitrogen and oxygen atoms in total. The summed E-state index contributed by atoms with van der Waals surface area (Å²) in [5.74, 6) is -0.675. The van der Waals surface area contributed by atoms with Gasteiger partial charge in [-0.1, -0.05) is 6.07 Å². The first-order valence-corrected chi connectivity index (χ1v) is 9.03. The van der Waals surface area contributed by atoms with Gasteiger partial charge in [0.15, 0.2) is 0 Å². The summed E-state index contributed by atoms with van der Waals surface area (Å²) in [5, 5.41) is 2.54. The second-order valence-electron chi connectivity index (χ2n) is 5.48. The number of nitrogens with one attached hydrogen (secondary N) is 2. The Hall–Kier alpha value is -2.52. The van der Waals surface area contributed by atoms with Crippen LogP contribution in [-0.2, 0) is 10.0 Å². The van der Waals surface area contributed by atoms with E-state index >= 15 is 0 Å². The summed E-state index contributed by atoms with van der Waals surface area (Å²) in [7, 11) is -2.45. The zero-order chi connectivity index (χ0) is 19.5. The minimum atomic E-state index is -3.73. The maximum absolute atomic E-state index is 12.5. The Bertz CT molecular complexity index is 930. The number of alkyl halides is 2. The Kier molecular flexibility index (Phi) is 5.94. The predicted octanol–water partition coefficient (Wildman–Crippen LogP) is 3.07. The molecule has 2 aromatic carbocycles. The first kappa shape index (κ1) is 19.8. The van der Waals surface area contributed by atoms with Gasteiger partial charge in [0, 0.05) is 17.3 Å². The van der Waals surface area contributed by atoms with Crippen LogP contribution < -0.4 is 14.8 Å². The number of anilines is 1. The minimum absolute atomic E-state index is 0.0000608. The molecular weight excluding hydrogens is 366 g/mol. The van der Waals surface area contributed by atoms with E-state index in [4.69, 9.17) is 0 Å². The molecule has 0 unspecified atom stereocenters. The van der Waals surface area contributed by atoms with E-state index in [0.717, 1.165) is 0 Å². The summed E-state index contributed by atoms with van der Waals surface area (Å²) in [5.41, 5.74) is 1.52. The first-order chi connectivity index (χ1) is 12.1. The van der Waals surface area contributed by atoms with E-state index in [2.05, 4.69) is 14.8 Å². The molecular formula is C17H18F2N2O4S. The highest BCUT2D eigenvalue weighted by Gasteiger charge is 2.19. The van der Waals surface area contributed by atoms with Crippen LogP contribution in [0.25, 0.3) is 0 Å². The molecule has 2 N–H and O–H groups in total. The summed E-state index contributed by atoms with van der Waals surface area (Å²) in [4.78, 5) is 12.5. The Balaban J connectivity index is 2.33. The van der Waals surface area contributed by atoms with Crippen LogP contribution in [0.2, 0.25) is 0 Å². The fourth-order valence-electron chi connectivity index (χ4n) is 2.30. The van der Waals surface area contributed by atoms with Crippen LogP contribution in [0.4, 0.5) is 14.5 Å². The second kappa shape index (κ2) is 7.79. The van der Waals surface area contributed by atoms with Gasteiger partial charge in [0.05, 0.1) is 4.90 Å². The zero-order valence-corrected chi connectivity index (χ0v) is 15.2. The summed E-state index contributed by atoms with van der Waals surface area (Å²) in [6.45, 7) is 0.361. The summed E-state index contributed by atoms with van der Waals surface area (Å²) < 4.78 is 55.3. The molecule has 1 amide bonds. The van der Waals surface area contributed by atoms with E-state index in [-0.39, 0.29) is 21.9 Å². The van der Waals surface area contributed by atoms with Gasteiger partial charge < -0.3 is 10.1 Å². The average Bonchev–Trinajstić information content (AvgIpc) is 2.56. The van der Waals surface area contributed by atoms with Gasteiger partial charge in [-0.2, -0.15) is 8.78 Å². The molecule has 2 rings (SSSR count). The highest BCUT2D eigenvalue weighted by molar-refractivity contribution is 7.89. The molecule has 9 heteroatoms. The van der Waals surface area contributed by atoms with Crippen LogP contribution in [0.3, 0.4) is 0 Å². The number of sulfonamides is 1. The number of hydrogen-bond acceptors (Lipinski definition) is 4. The number of halogens is 2. The topological polar surface area (TPSA) is 84.5 Å². The third-order valence-electron chi connectivity index (χ3n) is 3.76. The maximum Gasteiger partial charge on any atom is 0.387 e. The van der Waals surface area contributed by atoms with Crippen molar-refractivity contribution >= 4 is 21.6 Å². The summed E-state index contributed by atoms with van der Waals surface area (Å²) >= 11 is 0. The van der Waals surface area contributed by atoms with Crippen molar-refractivity contribution in [2.75, 3.05) is 12.4 Å². The molecule has 0 aromatic heterocycles.